The first-order chi connectivity index (χ1) is 8.04. The molecule has 0 radical (unpaired) electrons. The number of nitrogen functional groups attached to an aromatic ring is 1. The van der Waals surface area contributed by atoms with Crippen LogP contribution in [-0.2, 0) is 4.79 Å². The summed E-state index contributed by atoms with van der Waals surface area (Å²) in [5, 5.41) is 11.6. The van der Waals surface area contributed by atoms with Gasteiger partial charge in [-0.1, -0.05) is 0 Å². The number of nitrogens with one attached hydrogen (secondary N) is 1. The molecule has 0 aromatic heterocycles. The van der Waals surface area contributed by atoms with Crippen LogP contribution < -0.4 is 11.1 Å². The topological polar surface area (TPSA) is 78.6 Å². The third-order valence-corrected chi connectivity index (χ3v) is 2.67. The lowest BCUT2D eigenvalue weighted by atomic mass is 10.2. The lowest BCUT2D eigenvalue weighted by Gasteiger charge is -2.22. The van der Waals surface area contributed by atoms with Crippen molar-refractivity contribution in [2.75, 3.05) is 31.2 Å². The summed E-state index contributed by atoms with van der Waals surface area (Å²) in [6.07, 6.45) is 0. The van der Waals surface area contributed by atoms with Gasteiger partial charge in [0.05, 0.1) is 12.6 Å². The summed E-state index contributed by atoms with van der Waals surface area (Å²) < 4.78 is 0. The third kappa shape index (κ3) is 4.05. The Kier molecular flexibility index (Phi) is 4.93. The van der Waals surface area contributed by atoms with Crippen molar-refractivity contribution in [2.24, 2.45) is 0 Å². The summed E-state index contributed by atoms with van der Waals surface area (Å²) in [7, 11) is 1.80. The number of nitrogens with zero attached hydrogens (tertiary/aromatic N) is 1. The summed E-state index contributed by atoms with van der Waals surface area (Å²) in [6.45, 7) is 2.30. The molecular formula is C12H19N3O2. The minimum absolute atomic E-state index is 0.0377. The molecule has 1 amide bonds. The second-order valence-electron chi connectivity index (χ2n) is 3.99. The zero-order chi connectivity index (χ0) is 12.8. The quantitative estimate of drug-likeness (QED) is 0.652. The van der Waals surface area contributed by atoms with E-state index in [0.29, 0.717) is 17.9 Å². The standard InChI is InChI=1S/C12H19N3O2/c1-9(15(2)7-8-16)12(17)14-11-5-3-10(13)4-6-11/h3-6,9,16H,7-8,13H2,1-2H3,(H,14,17). The van der Waals surface area contributed by atoms with E-state index in [-0.39, 0.29) is 18.6 Å². The van der Waals surface area contributed by atoms with Crippen LogP contribution in [0.2, 0.25) is 0 Å². The van der Waals surface area contributed by atoms with Crippen molar-refractivity contribution in [1.29, 1.82) is 0 Å². The number of hydrogen-bond donors (Lipinski definition) is 3. The Labute approximate surface area is 101 Å². The Bertz CT molecular complexity index is 365. The van der Waals surface area contributed by atoms with Crippen LogP contribution in [0.5, 0.6) is 0 Å². The molecule has 5 heteroatoms. The molecule has 0 fully saturated rings. The molecule has 0 saturated carbocycles. The van der Waals surface area contributed by atoms with E-state index in [1.165, 1.54) is 0 Å². The van der Waals surface area contributed by atoms with Gasteiger partial charge in [0, 0.05) is 17.9 Å². The summed E-state index contributed by atoms with van der Waals surface area (Å²) in [6, 6.07) is 6.69. The normalized spacial score (nSPS) is 12.5. The van der Waals surface area contributed by atoms with Gasteiger partial charge in [-0.3, -0.25) is 9.69 Å². The Balaban J connectivity index is 2.56. The van der Waals surface area contributed by atoms with Crippen molar-refractivity contribution < 1.29 is 9.90 Å². The highest BCUT2D eigenvalue weighted by Crippen LogP contribution is 2.11. The molecule has 0 aliphatic carbocycles. The number of aliphatic hydroxyl groups excluding tert-OH is 1. The minimum atomic E-state index is -0.292. The maximum Gasteiger partial charge on any atom is 0.241 e. The van der Waals surface area contributed by atoms with Crippen molar-refractivity contribution in [3.8, 4) is 0 Å². The molecular weight excluding hydrogens is 218 g/mol. The fraction of sp³-hybridized carbons (Fsp3) is 0.417. The number of carbonyl (C=O) groups is 1. The number of benzene rings is 1. The molecule has 1 unspecified atom stereocenters. The fourth-order valence-electron chi connectivity index (χ4n) is 1.36. The summed E-state index contributed by atoms with van der Waals surface area (Å²) in [4.78, 5) is 13.6. The van der Waals surface area contributed by atoms with Crippen molar-refractivity contribution in [1.82, 2.24) is 4.90 Å². The summed E-state index contributed by atoms with van der Waals surface area (Å²) >= 11 is 0. The van der Waals surface area contributed by atoms with E-state index in [9.17, 15) is 4.79 Å². The molecule has 0 bridgehead atoms. The van der Waals surface area contributed by atoms with Crippen LogP contribution in [0.3, 0.4) is 0 Å². The van der Waals surface area contributed by atoms with Crippen molar-refractivity contribution >= 4 is 17.3 Å². The number of hydrogen-bond acceptors (Lipinski definition) is 4. The number of anilines is 2. The molecule has 5 nitrogen and oxygen atoms in total. The van der Waals surface area contributed by atoms with Crippen LogP contribution >= 0.6 is 0 Å². The molecule has 1 aromatic carbocycles. The maximum absolute atomic E-state index is 11.8. The Morgan fingerprint density at radius 2 is 2.06 bits per heavy atom. The zero-order valence-electron chi connectivity index (χ0n) is 10.2. The van der Waals surface area contributed by atoms with E-state index < -0.39 is 0 Å². The zero-order valence-corrected chi connectivity index (χ0v) is 10.2. The van der Waals surface area contributed by atoms with E-state index in [4.69, 9.17) is 10.8 Å². The second kappa shape index (κ2) is 6.22. The molecule has 0 aliphatic heterocycles. The first-order valence-corrected chi connectivity index (χ1v) is 5.52. The van der Waals surface area contributed by atoms with E-state index in [1.807, 2.05) is 0 Å². The van der Waals surface area contributed by atoms with E-state index in [0.717, 1.165) is 0 Å². The molecule has 17 heavy (non-hydrogen) atoms. The van der Waals surface area contributed by atoms with Gasteiger partial charge in [0.15, 0.2) is 0 Å². The SMILES string of the molecule is CC(C(=O)Nc1ccc(N)cc1)N(C)CCO. The third-order valence-electron chi connectivity index (χ3n) is 2.67. The Morgan fingerprint density at radius 3 is 2.59 bits per heavy atom. The lowest BCUT2D eigenvalue weighted by molar-refractivity contribution is -0.120. The average molecular weight is 237 g/mol. The molecule has 94 valence electrons. The fourth-order valence-corrected chi connectivity index (χ4v) is 1.36. The van der Waals surface area contributed by atoms with Crippen molar-refractivity contribution in [3.63, 3.8) is 0 Å². The van der Waals surface area contributed by atoms with Gasteiger partial charge in [0.2, 0.25) is 5.91 Å². The van der Waals surface area contributed by atoms with Gasteiger partial charge in [-0.2, -0.15) is 0 Å². The number of carbonyl (C=O) groups excluding carboxylic acids is 1. The molecule has 4 N–H and O–H groups in total. The summed E-state index contributed by atoms with van der Waals surface area (Å²) in [5.74, 6) is -0.106. The lowest BCUT2D eigenvalue weighted by Crippen LogP contribution is -2.40. The molecule has 0 saturated heterocycles. The van der Waals surface area contributed by atoms with Crippen LogP contribution in [0.15, 0.2) is 24.3 Å². The largest absolute Gasteiger partial charge is 0.399 e. The number of likely N-dealkylation sites (N-methyl/N-ethyl adjacent to an activating group) is 1. The predicted molar refractivity (Wildman–Crippen MR) is 68.7 cm³/mol. The number of aliphatic hydroxyl groups is 1. The summed E-state index contributed by atoms with van der Waals surface area (Å²) in [5.41, 5.74) is 6.93. The van der Waals surface area contributed by atoms with Crippen molar-refractivity contribution in [2.45, 2.75) is 13.0 Å². The number of nitrogens with two attached hydrogens (primary N) is 1. The highest BCUT2D eigenvalue weighted by Gasteiger charge is 2.17. The van der Waals surface area contributed by atoms with Gasteiger partial charge in [-0.15, -0.1) is 0 Å². The van der Waals surface area contributed by atoms with Gasteiger partial charge >= 0.3 is 0 Å². The van der Waals surface area contributed by atoms with E-state index in [2.05, 4.69) is 5.32 Å². The predicted octanol–water partition coefficient (Wildman–Crippen LogP) is 0.520. The van der Waals surface area contributed by atoms with Crippen LogP contribution in [-0.4, -0.2) is 42.2 Å². The van der Waals surface area contributed by atoms with E-state index in [1.54, 1.807) is 43.1 Å². The van der Waals surface area contributed by atoms with Crippen LogP contribution in [0, 0.1) is 0 Å². The van der Waals surface area contributed by atoms with E-state index >= 15 is 0 Å². The molecule has 1 rings (SSSR count). The monoisotopic (exact) mass is 237 g/mol. The van der Waals surface area contributed by atoms with Crippen molar-refractivity contribution in [3.05, 3.63) is 24.3 Å². The van der Waals surface area contributed by atoms with Gasteiger partial charge in [0.1, 0.15) is 0 Å². The molecule has 1 aromatic rings. The van der Waals surface area contributed by atoms with Gasteiger partial charge in [0.25, 0.3) is 0 Å². The number of rotatable bonds is 5. The average Bonchev–Trinajstić information content (AvgIpc) is 2.31. The highest BCUT2D eigenvalue weighted by atomic mass is 16.3. The second-order valence-corrected chi connectivity index (χ2v) is 3.99. The molecule has 0 heterocycles. The Hall–Kier alpha value is -1.59. The van der Waals surface area contributed by atoms with Crippen LogP contribution in [0.1, 0.15) is 6.92 Å². The first kappa shape index (κ1) is 13.5. The van der Waals surface area contributed by atoms with Crippen LogP contribution in [0.25, 0.3) is 0 Å². The maximum atomic E-state index is 11.8. The molecule has 0 spiro atoms. The van der Waals surface area contributed by atoms with Crippen LogP contribution in [0.4, 0.5) is 11.4 Å². The molecule has 1 atom stereocenters. The smallest absolute Gasteiger partial charge is 0.241 e. The van der Waals surface area contributed by atoms with Gasteiger partial charge in [-0.05, 0) is 38.2 Å². The van der Waals surface area contributed by atoms with Gasteiger partial charge in [-0.25, -0.2) is 0 Å². The first-order valence-electron chi connectivity index (χ1n) is 5.52. The number of amides is 1. The Morgan fingerprint density at radius 1 is 1.47 bits per heavy atom. The highest BCUT2D eigenvalue weighted by molar-refractivity contribution is 5.94. The molecule has 0 aliphatic rings. The minimum Gasteiger partial charge on any atom is -0.399 e. The van der Waals surface area contributed by atoms with Gasteiger partial charge < -0.3 is 16.2 Å².